The lowest BCUT2D eigenvalue weighted by molar-refractivity contribution is -0.141. The summed E-state index contributed by atoms with van der Waals surface area (Å²) in [6.07, 6.45) is 2.72. The first kappa shape index (κ1) is 30.4. The van der Waals surface area contributed by atoms with E-state index in [9.17, 15) is 18.0 Å². The highest BCUT2D eigenvalue weighted by Gasteiger charge is 2.29. The molecule has 10 heteroatoms. The Hall–Kier alpha value is -2.78. The Morgan fingerprint density at radius 3 is 2.46 bits per heavy atom. The Morgan fingerprint density at radius 1 is 1.14 bits per heavy atom. The van der Waals surface area contributed by atoms with E-state index in [4.69, 9.17) is 16.3 Å². The van der Waals surface area contributed by atoms with E-state index in [1.54, 1.807) is 37.1 Å². The summed E-state index contributed by atoms with van der Waals surface area (Å²) in [4.78, 5) is 28.0. The zero-order valence-electron chi connectivity index (χ0n) is 22.3. The van der Waals surface area contributed by atoms with Gasteiger partial charge in [-0.05, 0) is 61.6 Å². The van der Waals surface area contributed by atoms with Crippen LogP contribution in [0.2, 0.25) is 5.02 Å². The number of anilines is 1. The SMILES string of the molecule is CCCNC(=O)C(CC)N(Cc1cccc(OC)c1)C(=O)CCCN(c1cccc(Cl)c1C)S(C)(=O)=O. The van der Waals surface area contributed by atoms with E-state index in [2.05, 4.69) is 5.32 Å². The van der Waals surface area contributed by atoms with Crippen molar-refractivity contribution in [3.8, 4) is 5.75 Å². The molecule has 0 aliphatic heterocycles. The summed E-state index contributed by atoms with van der Waals surface area (Å²) in [6.45, 7) is 6.47. The summed E-state index contributed by atoms with van der Waals surface area (Å²) in [5.74, 6) is 0.236. The Bertz CT molecular complexity index is 1170. The molecule has 0 radical (unpaired) electrons. The highest BCUT2D eigenvalue weighted by atomic mass is 35.5. The molecule has 2 amide bonds. The van der Waals surface area contributed by atoms with Crippen LogP contribution in [0.25, 0.3) is 0 Å². The molecule has 204 valence electrons. The van der Waals surface area contributed by atoms with Crippen LogP contribution < -0.4 is 14.4 Å². The van der Waals surface area contributed by atoms with Gasteiger partial charge in [-0.1, -0.05) is 43.6 Å². The predicted molar refractivity (Wildman–Crippen MR) is 149 cm³/mol. The summed E-state index contributed by atoms with van der Waals surface area (Å²) < 4.78 is 31.7. The lowest BCUT2D eigenvalue weighted by atomic mass is 10.1. The quantitative estimate of drug-likeness (QED) is 0.372. The van der Waals surface area contributed by atoms with Gasteiger partial charge in [-0.2, -0.15) is 0 Å². The summed E-state index contributed by atoms with van der Waals surface area (Å²) >= 11 is 6.22. The third-order valence-corrected chi connectivity index (χ3v) is 7.67. The van der Waals surface area contributed by atoms with Crippen LogP contribution in [0.1, 0.15) is 50.7 Å². The van der Waals surface area contributed by atoms with Gasteiger partial charge in [0.2, 0.25) is 21.8 Å². The monoisotopic (exact) mass is 551 g/mol. The third-order valence-electron chi connectivity index (χ3n) is 6.08. The minimum Gasteiger partial charge on any atom is -0.497 e. The maximum absolute atomic E-state index is 13.5. The Kier molecular flexibility index (Phi) is 11.7. The minimum absolute atomic E-state index is 0.0765. The number of halogens is 1. The molecule has 0 bridgehead atoms. The molecule has 37 heavy (non-hydrogen) atoms. The van der Waals surface area contributed by atoms with Crippen LogP contribution in [-0.2, 0) is 26.2 Å². The maximum Gasteiger partial charge on any atom is 0.242 e. The van der Waals surface area contributed by atoms with E-state index in [0.717, 1.165) is 18.2 Å². The van der Waals surface area contributed by atoms with E-state index in [1.807, 2.05) is 38.1 Å². The van der Waals surface area contributed by atoms with Crippen LogP contribution >= 0.6 is 11.6 Å². The van der Waals surface area contributed by atoms with Crippen molar-refractivity contribution in [1.29, 1.82) is 0 Å². The standard InChI is InChI=1S/C27H38ClN3O5S/c1-6-16-29-27(33)24(7-2)30(19-21-11-8-12-22(18-21)36-4)26(32)15-10-17-31(37(5,34)35)25-14-9-13-23(28)20(25)3/h8-9,11-14,18,24H,6-7,10,15-17,19H2,1-5H3,(H,29,33). The molecule has 8 nitrogen and oxygen atoms in total. The fraction of sp³-hybridized carbons (Fsp3) is 0.481. The van der Waals surface area contributed by atoms with Crippen LogP contribution in [0, 0.1) is 6.92 Å². The average Bonchev–Trinajstić information content (AvgIpc) is 2.86. The molecule has 1 N–H and O–H groups in total. The van der Waals surface area contributed by atoms with E-state index >= 15 is 0 Å². The second kappa shape index (κ2) is 14.2. The summed E-state index contributed by atoms with van der Waals surface area (Å²) in [5.41, 5.74) is 1.97. The van der Waals surface area contributed by atoms with E-state index in [-0.39, 0.29) is 37.7 Å². The fourth-order valence-corrected chi connectivity index (χ4v) is 5.29. The number of carbonyl (C=O) groups is 2. The van der Waals surface area contributed by atoms with Gasteiger partial charge >= 0.3 is 0 Å². The van der Waals surface area contributed by atoms with Crippen LogP contribution in [0.5, 0.6) is 5.75 Å². The zero-order chi connectivity index (χ0) is 27.6. The molecule has 0 heterocycles. The number of hydrogen-bond donors (Lipinski definition) is 1. The van der Waals surface area contributed by atoms with Crippen molar-refractivity contribution in [2.75, 3.05) is 30.8 Å². The van der Waals surface area contributed by atoms with Crippen molar-refractivity contribution >= 4 is 39.1 Å². The lowest BCUT2D eigenvalue weighted by Gasteiger charge is -2.31. The van der Waals surface area contributed by atoms with Crippen molar-refractivity contribution < 1.29 is 22.7 Å². The minimum atomic E-state index is -3.60. The van der Waals surface area contributed by atoms with Gasteiger partial charge in [0.1, 0.15) is 11.8 Å². The number of hydrogen-bond acceptors (Lipinski definition) is 5. The van der Waals surface area contributed by atoms with Gasteiger partial charge < -0.3 is 15.0 Å². The van der Waals surface area contributed by atoms with Gasteiger partial charge in [0.25, 0.3) is 0 Å². The molecule has 0 aliphatic carbocycles. The number of nitrogens with one attached hydrogen (secondary N) is 1. The first-order chi connectivity index (χ1) is 17.5. The molecule has 0 spiro atoms. The largest absolute Gasteiger partial charge is 0.497 e. The van der Waals surface area contributed by atoms with Crippen molar-refractivity contribution in [3.63, 3.8) is 0 Å². The zero-order valence-corrected chi connectivity index (χ0v) is 23.9. The number of sulfonamides is 1. The van der Waals surface area contributed by atoms with Crippen LogP contribution in [0.4, 0.5) is 5.69 Å². The maximum atomic E-state index is 13.5. The molecular weight excluding hydrogens is 514 g/mol. The van der Waals surface area contributed by atoms with Crippen molar-refractivity contribution in [1.82, 2.24) is 10.2 Å². The van der Waals surface area contributed by atoms with Gasteiger partial charge in [0, 0.05) is 31.1 Å². The Balaban J connectivity index is 2.26. The van der Waals surface area contributed by atoms with Gasteiger partial charge in [-0.25, -0.2) is 8.42 Å². The molecule has 2 aromatic rings. The predicted octanol–water partition coefficient (Wildman–Crippen LogP) is 4.54. The van der Waals surface area contributed by atoms with Gasteiger partial charge in [-0.15, -0.1) is 0 Å². The molecule has 0 aliphatic rings. The topological polar surface area (TPSA) is 96.0 Å². The molecule has 0 fully saturated rings. The number of amides is 2. The molecule has 0 saturated heterocycles. The normalized spacial score (nSPS) is 12.1. The highest BCUT2D eigenvalue weighted by Crippen LogP contribution is 2.28. The lowest BCUT2D eigenvalue weighted by Crippen LogP contribution is -2.49. The van der Waals surface area contributed by atoms with Crippen LogP contribution in [0.3, 0.4) is 0 Å². The molecule has 2 aromatic carbocycles. The first-order valence-corrected chi connectivity index (χ1v) is 14.7. The number of methoxy groups -OCH3 is 1. The third kappa shape index (κ3) is 8.64. The molecule has 2 rings (SSSR count). The summed E-state index contributed by atoms with van der Waals surface area (Å²) in [5, 5.41) is 3.36. The van der Waals surface area contributed by atoms with E-state index in [1.165, 1.54) is 4.31 Å². The molecule has 1 atom stereocenters. The number of benzene rings is 2. The van der Waals surface area contributed by atoms with Gasteiger partial charge in [-0.3, -0.25) is 13.9 Å². The average molecular weight is 552 g/mol. The number of rotatable bonds is 14. The summed E-state index contributed by atoms with van der Waals surface area (Å²) in [6, 6.07) is 11.8. The van der Waals surface area contributed by atoms with E-state index < -0.39 is 16.1 Å². The van der Waals surface area contributed by atoms with Crippen molar-refractivity contribution in [3.05, 3.63) is 58.6 Å². The molecule has 0 aromatic heterocycles. The number of ether oxygens (including phenoxy) is 1. The highest BCUT2D eigenvalue weighted by molar-refractivity contribution is 7.92. The molecular formula is C27H38ClN3O5S. The second-order valence-electron chi connectivity index (χ2n) is 8.91. The smallest absolute Gasteiger partial charge is 0.242 e. The van der Waals surface area contributed by atoms with Crippen LogP contribution in [-0.4, -0.2) is 57.6 Å². The Labute approximate surface area is 226 Å². The first-order valence-electron chi connectivity index (χ1n) is 12.5. The van der Waals surface area contributed by atoms with Crippen molar-refractivity contribution in [2.24, 2.45) is 0 Å². The number of carbonyl (C=O) groups excluding carboxylic acids is 2. The van der Waals surface area contributed by atoms with Crippen molar-refractivity contribution in [2.45, 2.75) is 59.0 Å². The number of nitrogens with zero attached hydrogens (tertiary/aromatic N) is 2. The van der Waals surface area contributed by atoms with Gasteiger partial charge in [0.05, 0.1) is 19.1 Å². The van der Waals surface area contributed by atoms with Crippen LogP contribution in [0.15, 0.2) is 42.5 Å². The Morgan fingerprint density at radius 2 is 1.84 bits per heavy atom. The summed E-state index contributed by atoms with van der Waals surface area (Å²) in [7, 11) is -2.03. The van der Waals surface area contributed by atoms with Gasteiger partial charge in [0.15, 0.2) is 0 Å². The molecule has 0 saturated carbocycles. The van der Waals surface area contributed by atoms with E-state index in [0.29, 0.717) is 35.0 Å². The fourth-order valence-electron chi connectivity index (χ4n) is 4.10. The second-order valence-corrected chi connectivity index (χ2v) is 11.2. The molecule has 1 unspecified atom stereocenters.